The lowest BCUT2D eigenvalue weighted by Gasteiger charge is -2.31. The summed E-state index contributed by atoms with van der Waals surface area (Å²) in [6.07, 6.45) is 0.875. The Labute approximate surface area is 127 Å². The van der Waals surface area contributed by atoms with Crippen LogP contribution in [-0.4, -0.2) is 37.1 Å². The molecular formula is C13H18BrClN2O2. The molecule has 1 aliphatic heterocycles. The standard InChI is InChI=1S/C13H17BrN2O2.ClH/c1-18-8-12(15)13(17)16-6-5-9-3-2-4-11(14)10(9)7-16;/h2-4,12H,5-8,15H2,1H3;1H. The van der Waals surface area contributed by atoms with Gasteiger partial charge in [-0.15, -0.1) is 12.4 Å². The molecule has 1 amide bonds. The maximum Gasteiger partial charge on any atom is 0.242 e. The van der Waals surface area contributed by atoms with Crippen LogP contribution in [0, 0.1) is 0 Å². The van der Waals surface area contributed by atoms with Gasteiger partial charge < -0.3 is 15.4 Å². The van der Waals surface area contributed by atoms with Gasteiger partial charge in [0, 0.05) is 24.7 Å². The van der Waals surface area contributed by atoms with E-state index in [1.165, 1.54) is 11.1 Å². The summed E-state index contributed by atoms with van der Waals surface area (Å²) in [5.74, 6) is -0.0433. The Morgan fingerprint density at radius 1 is 1.58 bits per heavy atom. The third-order valence-electron chi connectivity index (χ3n) is 3.19. The fraction of sp³-hybridized carbons (Fsp3) is 0.462. The number of carbonyl (C=O) groups excluding carboxylic acids is 1. The molecule has 0 radical (unpaired) electrons. The van der Waals surface area contributed by atoms with Crippen molar-refractivity contribution in [1.29, 1.82) is 0 Å². The second-order valence-corrected chi connectivity index (χ2v) is 5.30. The van der Waals surface area contributed by atoms with E-state index in [4.69, 9.17) is 10.5 Å². The minimum Gasteiger partial charge on any atom is -0.383 e. The number of nitrogens with zero attached hydrogens (tertiary/aromatic N) is 1. The largest absolute Gasteiger partial charge is 0.383 e. The molecule has 2 N–H and O–H groups in total. The maximum atomic E-state index is 12.1. The normalized spacial score (nSPS) is 15.4. The third-order valence-corrected chi connectivity index (χ3v) is 3.93. The lowest BCUT2D eigenvalue weighted by atomic mass is 9.99. The molecule has 19 heavy (non-hydrogen) atoms. The number of methoxy groups -OCH3 is 1. The number of halogens is 2. The molecule has 2 rings (SSSR count). The van der Waals surface area contributed by atoms with Crippen molar-refractivity contribution in [3.05, 3.63) is 33.8 Å². The fourth-order valence-electron chi connectivity index (χ4n) is 2.21. The van der Waals surface area contributed by atoms with E-state index < -0.39 is 6.04 Å². The smallest absolute Gasteiger partial charge is 0.242 e. The molecule has 1 atom stereocenters. The molecule has 1 heterocycles. The summed E-state index contributed by atoms with van der Waals surface area (Å²) in [6.45, 7) is 1.60. The summed E-state index contributed by atoms with van der Waals surface area (Å²) in [5.41, 5.74) is 8.27. The molecule has 1 aliphatic rings. The Morgan fingerprint density at radius 2 is 2.32 bits per heavy atom. The molecule has 0 aliphatic carbocycles. The van der Waals surface area contributed by atoms with Crippen molar-refractivity contribution >= 4 is 34.2 Å². The van der Waals surface area contributed by atoms with Crippen LogP contribution in [0.3, 0.4) is 0 Å². The van der Waals surface area contributed by atoms with Crippen molar-refractivity contribution in [3.8, 4) is 0 Å². The van der Waals surface area contributed by atoms with Gasteiger partial charge in [0.2, 0.25) is 5.91 Å². The van der Waals surface area contributed by atoms with E-state index in [-0.39, 0.29) is 24.9 Å². The molecule has 0 bridgehead atoms. The topological polar surface area (TPSA) is 55.6 Å². The van der Waals surface area contributed by atoms with E-state index in [0.717, 1.165) is 17.4 Å². The molecule has 1 aromatic carbocycles. The number of carbonyl (C=O) groups is 1. The Kier molecular flexibility index (Phi) is 6.26. The van der Waals surface area contributed by atoms with E-state index in [1.807, 2.05) is 12.1 Å². The van der Waals surface area contributed by atoms with Crippen molar-refractivity contribution in [1.82, 2.24) is 4.90 Å². The average Bonchev–Trinajstić information content (AvgIpc) is 2.38. The van der Waals surface area contributed by atoms with Gasteiger partial charge in [-0.1, -0.05) is 28.1 Å². The van der Waals surface area contributed by atoms with Gasteiger partial charge >= 0.3 is 0 Å². The number of amides is 1. The number of benzene rings is 1. The molecule has 0 fully saturated rings. The van der Waals surface area contributed by atoms with Crippen molar-refractivity contribution in [2.45, 2.75) is 19.0 Å². The molecule has 6 heteroatoms. The zero-order valence-corrected chi connectivity index (χ0v) is 13.2. The van der Waals surface area contributed by atoms with E-state index in [1.54, 1.807) is 12.0 Å². The fourth-order valence-corrected chi connectivity index (χ4v) is 2.75. The highest BCUT2D eigenvalue weighted by atomic mass is 79.9. The van der Waals surface area contributed by atoms with E-state index >= 15 is 0 Å². The monoisotopic (exact) mass is 348 g/mol. The lowest BCUT2D eigenvalue weighted by Crippen LogP contribution is -2.47. The molecule has 0 saturated heterocycles. The minimum atomic E-state index is -0.570. The Hall–Kier alpha value is -0.620. The quantitative estimate of drug-likeness (QED) is 0.904. The minimum absolute atomic E-state index is 0. The summed E-state index contributed by atoms with van der Waals surface area (Å²) < 4.78 is 5.98. The highest BCUT2D eigenvalue weighted by molar-refractivity contribution is 9.10. The number of hydrogen-bond donors (Lipinski definition) is 1. The number of ether oxygens (including phenoxy) is 1. The summed E-state index contributed by atoms with van der Waals surface area (Å²) >= 11 is 3.53. The van der Waals surface area contributed by atoms with Crippen LogP contribution >= 0.6 is 28.3 Å². The number of fused-ring (bicyclic) bond motifs is 1. The SMILES string of the molecule is COCC(N)C(=O)N1CCc2cccc(Br)c2C1.Cl. The van der Waals surface area contributed by atoms with Gasteiger partial charge in [-0.25, -0.2) is 0 Å². The Bertz CT molecular complexity index is 456. The zero-order chi connectivity index (χ0) is 13.1. The van der Waals surface area contributed by atoms with Gasteiger partial charge in [-0.3, -0.25) is 4.79 Å². The molecular weight excluding hydrogens is 332 g/mol. The highest BCUT2D eigenvalue weighted by Crippen LogP contribution is 2.26. The molecule has 1 unspecified atom stereocenters. The van der Waals surface area contributed by atoms with Crippen molar-refractivity contribution in [2.75, 3.05) is 20.3 Å². The first-order valence-corrected chi connectivity index (χ1v) is 6.72. The van der Waals surface area contributed by atoms with E-state index in [9.17, 15) is 4.79 Å². The molecule has 1 aromatic rings. The van der Waals surface area contributed by atoms with Crippen LogP contribution in [0.2, 0.25) is 0 Å². The van der Waals surface area contributed by atoms with E-state index in [0.29, 0.717) is 6.54 Å². The first-order chi connectivity index (χ1) is 8.63. The predicted octanol–water partition coefficient (Wildman–Crippen LogP) is 1.73. The maximum absolute atomic E-state index is 12.1. The molecule has 0 aromatic heterocycles. The highest BCUT2D eigenvalue weighted by Gasteiger charge is 2.25. The van der Waals surface area contributed by atoms with Crippen molar-refractivity contribution in [3.63, 3.8) is 0 Å². The van der Waals surface area contributed by atoms with Crippen LogP contribution in [0.25, 0.3) is 0 Å². The molecule has 0 spiro atoms. The van der Waals surface area contributed by atoms with Gasteiger partial charge in [0.05, 0.1) is 6.61 Å². The summed E-state index contributed by atoms with van der Waals surface area (Å²) in [4.78, 5) is 13.9. The predicted molar refractivity (Wildman–Crippen MR) is 80.4 cm³/mol. The molecule has 0 saturated carbocycles. The first-order valence-electron chi connectivity index (χ1n) is 5.93. The molecule has 106 valence electrons. The lowest BCUT2D eigenvalue weighted by molar-refractivity contribution is -0.134. The Morgan fingerprint density at radius 3 is 3.00 bits per heavy atom. The zero-order valence-electron chi connectivity index (χ0n) is 10.8. The summed E-state index contributed by atoms with van der Waals surface area (Å²) in [6, 6.07) is 5.56. The van der Waals surface area contributed by atoms with Gasteiger partial charge in [0.25, 0.3) is 0 Å². The Balaban J connectivity index is 0.00000180. The summed E-state index contributed by atoms with van der Waals surface area (Å²) in [7, 11) is 1.55. The van der Waals surface area contributed by atoms with Crippen molar-refractivity contribution < 1.29 is 9.53 Å². The van der Waals surface area contributed by atoms with Gasteiger partial charge in [0.1, 0.15) is 6.04 Å². The number of rotatable bonds is 3. The van der Waals surface area contributed by atoms with Crippen LogP contribution in [0.1, 0.15) is 11.1 Å². The molecule has 4 nitrogen and oxygen atoms in total. The van der Waals surface area contributed by atoms with Crippen LogP contribution in [0.15, 0.2) is 22.7 Å². The third kappa shape index (κ3) is 3.69. The number of nitrogens with two attached hydrogens (primary N) is 1. The van der Waals surface area contributed by atoms with Gasteiger partial charge in [-0.05, 0) is 23.6 Å². The average molecular weight is 350 g/mol. The van der Waals surface area contributed by atoms with Crippen LogP contribution in [0.4, 0.5) is 0 Å². The second kappa shape index (κ2) is 7.24. The number of hydrogen-bond acceptors (Lipinski definition) is 3. The van der Waals surface area contributed by atoms with E-state index in [2.05, 4.69) is 22.0 Å². The summed E-state index contributed by atoms with van der Waals surface area (Å²) in [5, 5.41) is 0. The van der Waals surface area contributed by atoms with Crippen LogP contribution < -0.4 is 5.73 Å². The first kappa shape index (κ1) is 16.4. The van der Waals surface area contributed by atoms with Crippen molar-refractivity contribution in [2.24, 2.45) is 5.73 Å². The van der Waals surface area contributed by atoms with Gasteiger partial charge in [0.15, 0.2) is 0 Å². The van der Waals surface area contributed by atoms with Crippen LogP contribution in [0.5, 0.6) is 0 Å². The second-order valence-electron chi connectivity index (χ2n) is 4.45. The van der Waals surface area contributed by atoms with Gasteiger partial charge in [-0.2, -0.15) is 0 Å². The van der Waals surface area contributed by atoms with Crippen LogP contribution in [-0.2, 0) is 22.5 Å².